The Hall–Kier alpha value is -1.41. The molecule has 1 saturated carbocycles. The normalized spacial score (nSPS) is 22.7. The average Bonchev–Trinajstić information content (AvgIpc) is 2.35. The minimum atomic E-state index is 0.184. The van der Waals surface area contributed by atoms with Gasteiger partial charge in [0.25, 0.3) is 0 Å². The number of allylic oxidation sites excluding steroid dienone is 1. The van der Waals surface area contributed by atoms with Crippen molar-refractivity contribution >= 4 is 11.9 Å². The predicted molar refractivity (Wildman–Crippen MR) is 75.3 cm³/mol. The first-order chi connectivity index (χ1) is 8.66. The van der Waals surface area contributed by atoms with E-state index in [1.807, 2.05) is 32.3 Å². The molecule has 2 heteroatoms. The molecular weight excluding hydrogens is 222 g/mol. The Kier molecular flexibility index (Phi) is 4.32. The molecule has 0 aliphatic heterocycles. The van der Waals surface area contributed by atoms with Gasteiger partial charge in [-0.15, -0.1) is 0 Å². The highest BCUT2D eigenvalue weighted by Gasteiger charge is 2.26. The maximum Gasteiger partial charge on any atom is 0.163 e. The Morgan fingerprint density at radius 3 is 2.67 bits per heavy atom. The third-order valence-electron chi connectivity index (χ3n) is 3.41. The second-order valence-corrected chi connectivity index (χ2v) is 5.30. The van der Waals surface area contributed by atoms with Gasteiger partial charge >= 0.3 is 0 Å². The zero-order valence-corrected chi connectivity index (χ0v) is 11.2. The number of hydrogen-bond donors (Lipinski definition) is 0. The smallest absolute Gasteiger partial charge is 0.163 e. The summed E-state index contributed by atoms with van der Waals surface area (Å²) in [4.78, 5) is 14.5. The molecule has 0 heterocycles. The molecule has 96 valence electrons. The fraction of sp³-hybridized carbons (Fsp3) is 0.438. The van der Waals surface area contributed by atoms with Crippen LogP contribution in [0.1, 0.15) is 24.8 Å². The van der Waals surface area contributed by atoms with Gasteiger partial charge in [0.1, 0.15) is 0 Å². The van der Waals surface area contributed by atoms with Crippen molar-refractivity contribution in [1.29, 1.82) is 0 Å². The first-order valence-corrected chi connectivity index (χ1v) is 6.61. The molecule has 0 bridgehead atoms. The second kappa shape index (κ2) is 5.96. The highest BCUT2D eigenvalue weighted by atomic mass is 16.1. The van der Waals surface area contributed by atoms with Crippen molar-refractivity contribution in [3.63, 3.8) is 0 Å². The lowest BCUT2D eigenvalue weighted by Gasteiger charge is -2.25. The summed E-state index contributed by atoms with van der Waals surface area (Å²) in [5, 5.41) is 0. The van der Waals surface area contributed by atoms with Crippen LogP contribution in [0.25, 0.3) is 6.08 Å². The van der Waals surface area contributed by atoms with Gasteiger partial charge in [0.05, 0.1) is 0 Å². The standard InChI is InChI=1S/C16H21NO/c1-17(2)12-15-10-6-9-14(16(15)18)11-13-7-4-3-5-8-13/h3-5,7-8,11,15H,6,9-10,12H2,1-2H3/b14-11-/t15-/m0/s1. The molecule has 2 rings (SSSR count). The molecule has 0 aromatic heterocycles. The molecule has 0 unspecified atom stereocenters. The summed E-state index contributed by atoms with van der Waals surface area (Å²) < 4.78 is 0. The van der Waals surface area contributed by atoms with Crippen LogP contribution in [0.2, 0.25) is 0 Å². The molecule has 1 aromatic rings. The monoisotopic (exact) mass is 243 g/mol. The van der Waals surface area contributed by atoms with Crippen molar-refractivity contribution in [2.45, 2.75) is 19.3 Å². The van der Waals surface area contributed by atoms with Crippen LogP contribution < -0.4 is 0 Å². The molecule has 1 fully saturated rings. The van der Waals surface area contributed by atoms with E-state index in [0.717, 1.165) is 36.9 Å². The van der Waals surface area contributed by atoms with Gasteiger partial charge in [-0.1, -0.05) is 30.3 Å². The number of ketones is 1. The minimum absolute atomic E-state index is 0.184. The lowest BCUT2D eigenvalue weighted by Crippen LogP contribution is -2.31. The molecule has 0 spiro atoms. The SMILES string of the molecule is CN(C)C[C@@H]1CCC/C(=C/c2ccccc2)C1=O. The van der Waals surface area contributed by atoms with E-state index in [2.05, 4.69) is 23.1 Å². The van der Waals surface area contributed by atoms with Crippen LogP contribution in [0.15, 0.2) is 35.9 Å². The molecule has 18 heavy (non-hydrogen) atoms. The third kappa shape index (κ3) is 3.30. The summed E-state index contributed by atoms with van der Waals surface area (Å²) in [5.41, 5.74) is 2.13. The lowest BCUT2D eigenvalue weighted by molar-refractivity contribution is -0.120. The first-order valence-electron chi connectivity index (χ1n) is 6.61. The van der Waals surface area contributed by atoms with E-state index in [1.54, 1.807) is 0 Å². The molecular formula is C16H21NO. The lowest BCUT2D eigenvalue weighted by atomic mass is 9.83. The van der Waals surface area contributed by atoms with Gasteiger partial charge in [-0.2, -0.15) is 0 Å². The molecule has 0 amide bonds. The maximum absolute atomic E-state index is 12.4. The predicted octanol–water partition coefficient (Wildman–Crippen LogP) is 3.00. The van der Waals surface area contributed by atoms with E-state index in [4.69, 9.17) is 0 Å². The van der Waals surface area contributed by atoms with Crippen molar-refractivity contribution in [2.24, 2.45) is 5.92 Å². The number of benzene rings is 1. The summed E-state index contributed by atoms with van der Waals surface area (Å²) in [6.45, 7) is 0.866. The maximum atomic E-state index is 12.4. The van der Waals surface area contributed by atoms with Gasteiger partial charge in [0, 0.05) is 12.5 Å². The highest BCUT2D eigenvalue weighted by Crippen LogP contribution is 2.27. The van der Waals surface area contributed by atoms with Crippen molar-refractivity contribution in [3.8, 4) is 0 Å². The summed E-state index contributed by atoms with van der Waals surface area (Å²) in [6, 6.07) is 10.1. The third-order valence-corrected chi connectivity index (χ3v) is 3.41. The summed E-state index contributed by atoms with van der Waals surface area (Å²) in [5.74, 6) is 0.530. The van der Waals surface area contributed by atoms with E-state index in [9.17, 15) is 4.79 Å². The van der Waals surface area contributed by atoms with Crippen LogP contribution in [0.4, 0.5) is 0 Å². The zero-order chi connectivity index (χ0) is 13.0. The van der Waals surface area contributed by atoms with Crippen LogP contribution in [-0.2, 0) is 4.79 Å². The summed E-state index contributed by atoms with van der Waals surface area (Å²) in [6.07, 6.45) is 5.15. The average molecular weight is 243 g/mol. The number of carbonyl (C=O) groups is 1. The Bertz CT molecular complexity index is 434. The van der Waals surface area contributed by atoms with Crippen LogP contribution in [0.5, 0.6) is 0 Å². The minimum Gasteiger partial charge on any atom is -0.309 e. The first kappa shape index (κ1) is 13.0. The van der Waals surface area contributed by atoms with Crippen LogP contribution in [-0.4, -0.2) is 31.3 Å². The molecule has 1 atom stereocenters. The van der Waals surface area contributed by atoms with Gasteiger partial charge in [0.2, 0.25) is 0 Å². The summed E-state index contributed by atoms with van der Waals surface area (Å²) >= 11 is 0. The number of Topliss-reactive ketones (excluding diaryl/α,β-unsaturated/α-hetero) is 1. The fourth-order valence-electron chi connectivity index (χ4n) is 2.56. The molecule has 1 aliphatic rings. The quantitative estimate of drug-likeness (QED) is 0.761. The zero-order valence-electron chi connectivity index (χ0n) is 11.2. The molecule has 1 aromatic carbocycles. The van der Waals surface area contributed by atoms with E-state index < -0.39 is 0 Å². The van der Waals surface area contributed by atoms with Gasteiger partial charge in [0.15, 0.2) is 5.78 Å². The van der Waals surface area contributed by atoms with Crippen LogP contribution in [0, 0.1) is 5.92 Å². The van der Waals surface area contributed by atoms with Crippen molar-refractivity contribution in [2.75, 3.05) is 20.6 Å². The second-order valence-electron chi connectivity index (χ2n) is 5.30. The summed E-state index contributed by atoms with van der Waals surface area (Å²) in [7, 11) is 4.06. The van der Waals surface area contributed by atoms with E-state index in [0.29, 0.717) is 5.78 Å². The molecule has 0 N–H and O–H groups in total. The Balaban J connectivity index is 2.14. The van der Waals surface area contributed by atoms with Gasteiger partial charge in [-0.25, -0.2) is 0 Å². The number of nitrogens with zero attached hydrogens (tertiary/aromatic N) is 1. The Morgan fingerprint density at radius 1 is 1.28 bits per heavy atom. The number of rotatable bonds is 3. The Labute approximate surface area is 109 Å². The van der Waals surface area contributed by atoms with Crippen LogP contribution in [0.3, 0.4) is 0 Å². The number of hydrogen-bond acceptors (Lipinski definition) is 2. The van der Waals surface area contributed by atoms with Crippen molar-refractivity contribution in [3.05, 3.63) is 41.5 Å². The topological polar surface area (TPSA) is 20.3 Å². The van der Waals surface area contributed by atoms with E-state index in [1.165, 1.54) is 0 Å². The largest absolute Gasteiger partial charge is 0.309 e. The fourth-order valence-corrected chi connectivity index (χ4v) is 2.56. The van der Waals surface area contributed by atoms with Gasteiger partial charge < -0.3 is 4.90 Å². The van der Waals surface area contributed by atoms with Gasteiger partial charge in [-0.3, -0.25) is 4.79 Å². The van der Waals surface area contributed by atoms with Gasteiger partial charge in [-0.05, 0) is 50.6 Å². The van der Waals surface area contributed by atoms with E-state index in [-0.39, 0.29) is 5.92 Å². The molecule has 1 aliphatic carbocycles. The molecule has 0 saturated heterocycles. The molecule has 0 radical (unpaired) electrons. The highest BCUT2D eigenvalue weighted by molar-refractivity contribution is 6.01. The van der Waals surface area contributed by atoms with Crippen LogP contribution >= 0.6 is 0 Å². The Morgan fingerprint density at radius 2 is 2.00 bits per heavy atom. The van der Waals surface area contributed by atoms with E-state index >= 15 is 0 Å². The molecule has 2 nitrogen and oxygen atoms in total. The van der Waals surface area contributed by atoms with Crippen molar-refractivity contribution in [1.82, 2.24) is 4.90 Å². The van der Waals surface area contributed by atoms with Crippen molar-refractivity contribution < 1.29 is 4.79 Å². The number of carbonyl (C=O) groups excluding carboxylic acids is 1.